The summed E-state index contributed by atoms with van der Waals surface area (Å²) in [6, 6.07) is 2.02. The number of aromatic nitrogens is 1. The number of nitrogens with zero attached hydrogens (tertiary/aromatic N) is 2. The molecule has 0 atom stereocenters. The van der Waals surface area contributed by atoms with Crippen molar-refractivity contribution in [2.75, 3.05) is 12.3 Å². The molecule has 1 aliphatic heterocycles. The molecule has 0 fully saturated rings. The van der Waals surface area contributed by atoms with Gasteiger partial charge in [0.15, 0.2) is 0 Å². The van der Waals surface area contributed by atoms with Gasteiger partial charge in [0, 0.05) is 48.1 Å². The average Bonchev–Trinajstić information content (AvgIpc) is 2.03. The minimum absolute atomic E-state index is 0.764. The maximum Gasteiger partial charge on any atom is 0.0504 e. The van der Waals surface area contributed by atoms with E-state index in [-0.39, 0.29) is 0 Å². The van der Waals surface area contributed by atoms with Gasteiger partial charge in [-0.15, -0.1) is 0 Å². The number of pyridine rings is 1. The van der Waals surface area contributed by atoms with E-state index in [0.29, 0.717) is 0 Å². The van der Waals surface area contributed by atoms with Crippen molar-refractivity contribution < 1.29 is 0 Å². The van der Waals surface area contributed by atoms with Crippen LogP contribution in [0.2, 0.25) is 0 Å². The van der Waals surface area contributed by atoms with Crippen LogP contribution in [-0.4, -0.2) is 14.6 Å². The van der Waals surface area contributed by atoms with Crippen molar-refractivity contribution in [3.63, 3.8) is 0 Å². The molecule has 0 spiro atoms. The van der Waals surface area contributed by atoms with Crippen molar-refractivity contribution in [1.29, 1.82) is 0 Å². The molecule has 12 heavy (non-hydrogen) atoms. The summed E-state index contributed by atoms with van der Waals surface area (Å²) in [6.45, 7) is 2.05. The Kier molecular flexibility index (Phi) is 2.18. The number of hydrogen-bond donors (Lipinski definition) is 1. The molecular formula is C8H10IN3. The fraction of sp³-hybridized carbons (Fsp3) is 0.375. The Hall–Kier alpha value is -0.360. The Balaban J connectivity index is 2.37. The number of hydrogen-bond acceptors (Lipinski definition) is 3. The van der Waals surface area contributed by atoms with Crippen molar-refractivity contribution in [3.8, 4) is 0 Å². The van der Waals surface area contributed by atoms with Gasteiger partial charge in [-0.25, -0.2) is 3.11 Å². The Morgan fingerprint density at radius 2 is 2.42 bits per heavy atom. The molecule has 4 heteroatoms. The molecule has 1 aliphatic rings. The standard InChI is InChI=1S/C8H10IN3/c9-12-2-1-8-6(5-12)3-7(10)4-11-8/h3-4H,1-2,5,10H2. The van der Waals surface area contributed by atoms with E-state index in [9.17, 15) is 0 Å². The van der Waals surface area contributed by atoms with Crippen LogP contribution in [-0.2, 0) is 13.0 Å². The van der Waals surface area contributed by atoms with Crippen molar-refractivity contribution in [3.05, 3.63) is 23.5 Å². The van der Waals surface area contributed by atoms with E-state index in [1.807, 2.05) is 6.07 Å². The predicted octanol–water partition coefficient (Wildman–Crippen LogP) is 1.37. The second kappa shape index (κ2) is 3.18. The molecule has 0 radical (unpaired) electrons. The van der Waals surface area contributed by atoms with Crippen LogP contribution in [0.5, 0.6) is 0 Å². The Labute approximate surface area is 85.5 Å². The first-order valence-corrected chi connectivity index (χ1v) is 4.86. The Morgan fingerprint density at radius 3 is 3.25 bits per heavy atom. The zero-order valence-corrected chi connectivity index (χ0v) is 8.78. The summed E-state index contributed by atoms with van der Waals surface area (Å²) in [5.41, 5.74) is 8.89. The monoisotopic (exact) mass is 275 g/mol. The van der Waals surface area contributed by atoms with Gasteiger partial charge in [0.05, 0.1) is 11.9 Å². The number of nitrogens with two attached hydrogens (primary N) is 1. The first kappa shape index (κ1) is 8.25. The summed E-state index contributed by atoms with van der Waals surface area (Å²) in [4.78, 5) is 4.30. The summed E-state index contributed by atoms with van der Waals surface area (Å²) in [7, 11) is 0. The minimum atomic E-state index is 0.764. The number of halogens is 1. The van der Waals surface area contributed by atoms with Gasteiger partial charge in [-0.2, -0.15) is 0 Å². The van der Waals surface area contributed by atoms with Gasteiger partial charge >= 0.3 is 0 Å². The zero-order chi connectivity index (χ0) is 8.55. The third kappa shape index (κ3) is 1.54. The molecule has 0 aliphatic carbocycles. The molecule has 0 saturated heterocycles. The van der Waals surface area contributed by atoms with Gasteiger partial charge in [-0.3, -0.25) is 4.98 Å². The van der Waals surface area contributed by atoms with Crippen LogP contribution in [0.3, 0.4) is 0 Å². The van der Waals surface area contributed by atoms with Crippen molar-refractivity contribution in [1.82, 2.24) is 8.10 Å². The smallest absolute Gasteiger partial charge is 0.0504 e. The van der Waals surface area contributed by atoms with Crippen LogP contribution in [0.25, 0.3) is 0 Å². The van der Waals surface area contributed by atoms with E-state index >= 15 is 0 Å². The van der Waals surface area contributed by atoms with E-state index in [4.69, 9.17) is 5.73 Å². The highest BCUT2D eigenvalue weighted by Gasteiger charge is 2.14. The molecule has 0 amide bonds. The van der Waals surface area contributed by atoms with E-state index in [1.54, 1.807) is 6.20 Å². The van der Waals surface area contributed by atoms with Crippen molar-refractivity contribution in [2.45, 2.75) is 13.0 Å². The molecule has 1 aromatic rings. The van der Waals surface area contributed by atoms with Gasteiger partial charge < -0.3 is 5.73 Å². The molecule has 0 saturated carbocycles. The van der Waals surface area contributed by atoms with Crippen molar-refractivity contribution in [2.24, 2.45) is 0 Å². The van der Waals surface area contributed by atoms with Crippen LogP contribution in [0.4, 0.5) is 5.69 Å². The number of nitrogen functional groups attached to an aromatic ring is 1. The summed E-state index contributed by atoms with van der Waals surface area (Å²) in [5, 5.41) is 0. The lowest BCUT2D eigenvalue weighted by molar-refractivity contribution is 0.474. The highest BCUT2D eigenvalue weighted by Crippen LogP contribution is 2.20. The number of anilines is 1. The fourth-order valence-corrected chi connectivity index (χ4v) is 2.02. The lowest BCUT2D eigenvalue weighted by Crippen LogP contribution is -2.22. The third-order valence-electron chi connectivity index (χ3n) is 2.01. The zero-order valence-electron chi connectivity index (χ0n) is 6.63. The highest BCUT2D eigenvalue weighted by molar-refractivity contribution is 14.1. The minimum Gasteiger partial charge on any atom is -0.397 e. The largest absolute Gasteiger partial charge is 0.397 e. The SMILES string of the molecule is Nc1cnc2c(c1)CN(I)CC2. The molecule has 64 valence electrons. The van der Waals surface area contributed by atoms with Crippen LogP contribution in [0.15, 0.2) is 12.3 Å². The van der Waals surface area contributed by atoms with Crippen LogP contribution < -0.4 is 5.73 Å². The second-order valence-corrected chi connectivity index (χ2v) is 4.33. The van der Waals surface area contributed by atoms with Gasteiger partial charge in [-0.1, -0.05) is 0 Å². The third-order valence-corrected chi connectivity index (χ3v) is 2.84. The summed E-state index contributed by atoms with van der Waals surface area (Å²) in [6.07, 6.45) is 2.78. The molecule has 2 heterocycles. The lowest BCUT2D eigenvalue weighted by atomic mass is 10.1. The molecule has 2 rings (SSSR count). The summed E-state index contributed by atoms with van der Waals surface area (Å²) < 4.78 is 2.25. The van der Waals surface area contributed by atoms with Crippen LogP contribution >= 0.6 is 22.9 Å². The first-order chi connectivity index (χ1) is 5.75. The van der Waals surface area contributed by atoms with E-state index in [1.165, 1.54) is 11.3 Å². The van der Waals surface area contributed by atoms with Crippen LogP contribution in [0.1, 0.15) is 11.3 Å². The maximum absolute atomic E-state index is 5.64. The van der Waals surface area contributed by atoms with Gasteiger partial charge in [0.1, 0.15) is 0 Å². The van der Waals surface area contributed by atoms with E-state index in [2.05, 4.69) is 31.0 Å². The molecule has 2 N–H and O–H groups in total. The molecule has 1 aromatic heterocycles. The quantitative estimate of drug-likeness (QED) is 0.574. The van der Waals surface area contributed by atoms with E-state index < -0.39 is 0 Å². The van der Waals surface area contributed by atoms with Gasteiger partial charge in [0.25, 0.3) is 0 Å². The molecule has 3 nitrogen and oxygen atoms in total. The van der Waals surface area contributed by atoms with Crippen LogP contribution in [0, 0.1) is 0 Å². The Morgan fingerprint density at radius 1 is 1.58 bits per heavy atom. The van der Waals surface area contributed by atoms with Gasteiger partial charge in [-0.05, 0) is 11.6 Å². The first-order valence-electron chi connectivity index (χ1n) is 3.90. The average molecular weight is 275 g/mol. The normalized spacial score (nSPS) is 17.4. The second-order valence-electron chi connectivity index (χ2n) is 2.97. The lowest BCUT2D eigenvalue weighted by Gasteiger charge is -2.22. The fourth-order valence-electron chi connectivity index (χ4n) is 1.41. The van der Waals surface area contributed by atoms with E-state index in [0.717, 1.165) is 25.2 Å². The number of rotatable bonds is 0. The highest BCUT2D eigenvalue weighted by atomic mass is 127. The Bertz CT molecular complexity index is 300. The number of fused-ring (bicyclic) bond motifs is 1. The summed E-state index contributed by atoms with van der Waals surface area (Å²) >= 11 is 2.33. The molecular weight excluding hydrogens is 265 g/mol. The van der Waals surface area contributed by atoms with Crippen molar-refractivity contribution >= 4 is 28.6 Å². The topological polar surface area (TPSA) is 42.1 Å². The summed E-state index contributed by atoms with van der Waals surface area (Å²) in [5.74, 6) is 0. The molecule has 0 unspecified atom stereocenters. The maximum atomic E-state index is 5.64. The molecule has 0 bridgehead atoms. The molecule has 0 aromatic carbocycles. The van der Waals surface area contributed by atoms with Gasteiger partial charge in [0.2, 0.25) is 0 Å². The predicted molar refractivity (Wildman–Crippen MR) is 56.8 cm³/mol.